The summed E-state index contributed by atoms with van der Waals surface area (Å²) in [6.45, 7) is 23.7. The maximum absolute atomic E-state index is 15.1. The molecule has 0 unspecified atom stereocenters. The Labute approximate surface area is 523 Å². The molecule has 11 amide bonds. The van der Waals surface area contributed by atoms with Crippen LogP contribution in [0.1, 0.15) is 142 Å². The van der Waals surface area contributed by atoms with Gasteiger partial charge in [-0.25, -0.2) is 0 Å². The molecule has 504 valence electrons. The van der Waals surface area contributed by atoms with E-state index < -0.39 is 162 Å². The Morgan fingerprint density at radius 2 is 0.875 bits per heavy atom. The summed E-state index contributed by atoms with van der Waals surface area (Å²) in [5.41, 5.74) is 0. The van der Waals surface area contributed by atoms with Gasteiger partial charge in [-0.3, -0.25) is 52.7 Å². The van der Waals surface area contributed by atoms with Crippen LogP contribution >= 0.6 is 0 Å². The summed E-state index contributed by atoms with van der Waals surface area (Å²) in [6.07, 6.45) is -0.00695. The van der Waals surface area contributed by atoms with Crippen molar-refractivity contribution < 1.29 is 73.2 Å². The van der Waals surface area contributed by atoms with Gasteiger partial charge in [0.05, 0.1) is 25.4 Å². The van der Waals surface area contributed by atoms with E-state index in [0.717, 1.165) is 24.5 Å². The second kappa shape index (κ2) is 37.0. The minimum Gasteiger partial charge on any atom is -0.396 e. The van der Waals surface area contributed by atoms with Gasteiger partial charge in [-0.1, -0.05) is 95.2 Å². The van der Waals surface area contributed by atoms with Crippen LogP contribution in [-0.2, 0) is 52.7 Å². The fraction of sp³-hybridized carbons (Fsp3) is 0.790. The Kier molecular flexibility index (Phi) is 33.6. The zero-order chi connectivity index (χ0) is 68.1. The molecule has 88 heavy (non-hydrogen) atoms. The second-order valence-electron chi connectivity index (χ2n) is 26.4. The van der Waals surface area contributed by atoms with Crippen molar-refractivity contribution >= 4 is 65.0 Å². The number of carbonyl (C=O) groups excluding carboxylic acids is 11. The number of amides is 11. The third kappa shape index (κ3) is 23.6. The molecular formula is C62H111N11O15. The van der Waals surface area contributed by atoms with Crippen LogP contribution in [0.15, 0.2) is 12.2 Å². The third-order valence-corrected chi connectivity index (χ3v) is 16.0. The highest BCUT2D eigenvalue weighted by atomic mass is 16.3. The average molecular weight is 1250 g/mol. The first-order chi connectivity index (χ1) is 40.7. The maximum Gasteiger partial charge on any atom is 0.248 e. The van der Waals surface area contributed by atoms with Gasteiger partial charge >= 0.3 is 0 Å². The molecule has 1 fully saturated rings. The summed E-state index contributed by atoms with van der Waals surface area (Å²) in [5, 5.41) is 56.3. The number of hydrogen-bond acceptors (Lipinski definition) is 15. The normalized spacial score (nSPS) is 27.0. The van der Waals surface area contributed by atoms with Crippen molar-refractivity contribution in [2.24, 2.45) is 41.4 Å². The van der Waals surface area contributed by atoms with Crippen molar-refractivity contribution in [1.82, 2.24) is 56.0 Å². The number of rotatable bonds is 18. The van der Waals surface area contributed by atoms with E-state index in [-0.39, 0.29) is 75.4 Å². The van der Waals surface area contributed by atoms with Crippen molar-refractivity contribution in [1.29, 1.82) is 0 Å². The first kappa shape index (κ1) is 79.8. The Balaban J connectivity index is 4.37. The number of allylic oxidation sites excluding steroid dienone is 1. The molecule has 0 aromatic rings. The molecule has 0 aliphatic carbocycles. The number of nitrogens with one attached hydrogen (secondary N) is 5. The molecule has 0 radical (unpaired) electrons. The largest absolute Gasteiger partial charge is 0.396 e. The number of hydrogen-bond donors (Lipinski definition) is 9. The SMILES string of the molecule is CC(C)C[C@@H]1NC(=O)[C@H](C[C@@H](C)CO)N(C)C(=O)[C@@H](C)NC(=O)[C@H](C)NC(=O)[C@H](CC(C)C)N(C)C(=O)[C@H](CC(C)C)NC(=O)[C@H](CC(C)C)N(C)C(=O)CN(C)C(=O)[C@H]([C@@H](C)O)NC(=O)[C@H]([C@H](O)[C@H](C)C/C=C/CO)N(C)C(=O)[C@H](C(C)C)N(C)C1=O. The lowest BCUT2D eigenvalue weighted by atomic mass is 9.91. The number of carbonyl (C=O) groups is 11. The van der Waals surface area contributed by atoms with Gasteiger partial charge in [0, 0.05) is 48.9 Å². The van der Waals surface area contributed by atoms with Crippen LogP contribution in [0.4, 0.5) is 0 Å². The predicted octanol–water partition coefficient (Wildman–Crippen LogP) is 0.232. The molecular weight excluding hydrogens is 1140 g/mol. The molecule has 14 atom stereocenters. The average Bonchev–Trinajstić information content (AvgIpc) is 3.63. The lowest BCUT2D eigenvalue weighted by Gasteiger charge is -2.40. The van der Waals surface area contributed by atoms with Gasteiger partial charge in [-0.05, 0) is 101 Å². The topological polar surface area (TPSA) is 348 Å². The fourth-order valence-electron chi connectivity index (χ4n) is 10.7. The van der Waals surface area contributed by atoms with Crippen LogP contribution in [0.25, 0.3) is 0 Å². The molecule has 26 nitrogen and oxygen atoms in total. The molecule has 0 aromatic heterocycles. The van der Waals surface area contributed by atoms with Crippen molar-refractivity contribution in [3.05, 3.63) is 12.2 Å². The molecule has 0 aromatic carbocycles. The lowest BCUT2D eigenvalue weighted by molar-refractivity contribution is -0.155. The molecule has 1 saturated heterocycles. The van der Waals surface area contributed by atoms with E-state index in [1.54, 1.807) is 47.6 Å². The third-order valence-electron chi connectivity index (χ3n) is 16.0. The molecule has 1 aliphatic heterocycles. The van der Waals surface area contributed by atoms with Gasteiger partial charge < -0.3 is 76.4 Å². The summed E-state index contributed by atoms with van der Waals surface area (Å²) in [5.74, 6) is -11.7. The van der Waals surface area contributed by atoms with Crippen LogP contribution in [0.3, 0.4) is 0 Å². The molecule has 9 N–H and O–H groups in total. The van der Waals surface area contributed by atoms with Crippen molar-refractivity contribution in [3.63, 3.8) is 0 Å². The smallest absolute Gasteiger partial charge is 0.248 e. The van der Waals surface area contributed by atoms with E-state index in [4.69, 9.17) is 0 Å². The van der Waals surface area contributed by atoms with E-state index in [9.17, 15) is 68.4 Å². The van der Waals surface area contributed by atoms with Crippen molar-refractivity contribution in [2.75, 3.05) is 62.0 Å². The summed E-state index contributed by atoms with van der Waals surface area (Å²) in [6, 6.07) is -13.8. The molecule has 26 heteroatoms. The summed E-state index contributed by atoms with van der Waals surface area (Å²) in [7, 11) is 7.91. The Morgan fingerprint density at radius 3 is 1.32 bits per heavy atom. The highest BCUT2D eigenvalue weighted by Crippen LogP contribution is 2.24. The fourth-order valence-corrected chi connectivity index (χ4v) is 10.7. The van der Waals surface area contributed by atoms with E-state index in [1.165, 1.54) is 74.0 Å². The summed E-state index contributed by atoms with van der Waals surface area (Å²) < 4.78 is 0. The van der Waals surface area contributed by atoms with Gasteiger partial charge in [-0.15, -0.1) is 0 Å². The summed E-state index contributed by atoms with van der Waals surface area (Å²) in [4.78, 5) is 166. The zero-order valence-corrected chi connectivity index (χ0v) is 56.5. The highest BCUT2D eigenvalue weighted by molar-refractivity contribution is 5.99. The van der Waals surface area contributed by atoms with Crippen LogP contribution in [-0.4, -0.2) is 249 Å². The number of likely N-dealkylation sites (N-methyl/N-ethyl adjacent to an activating group) is 6. The number of aliphatic hydroxyl groups is 4. The lowest BCUT2D eigenvalue weighted by Crippen LogP contribution is -2.64. The Bertz CT molecular complexity index is 2390. The van der Waals surface area contributed by atoms with Gasteiger partial charge in [-0.2, -0.15) is 0 Å². The molecule has 1 rings (SSSR count). The molecule has 1 aliphatic rings. The van der Waals surface area contributed by atoms with Gasteiger partial charge in [0.1, 0.15) is 60.4 Å². The van der Waals surface area contributed by atoms with Crippen LogP contribution < -0.4 is 26.6 Å². The van der Waals surface area contributed by atoms with Crippen LogP contribution in [0.5, 0.6) is 0 Å². The van der Waals surface area contributed by atoms with Crippen LogP contribution in [0.2, 0.25) is 0 Å². The zero-order valence-electron chi connectivity index (χ0n) is 56.5. The van der Waals surface area contributed by atoms with Gasteiger partial charge in [0.25, 0.3) is 0 Å². The minimum atomic E-state index is -1.82. The number of aliphatic hydroxyl groups excluding tert-OH is 4. The van der Waals surface area contributed by atoms with Gasteiger partial charge in [0.2, 0.25) is 65.0 Å². The van der Waals surface area contributed by atoms with Gasteiger partial charge in [0.15, 0.2) is 0 Å². The first-order valence-corrected chi connectivity index (χ1v) is 31.0. The molecule has 1 heterocycles. The first-order valence-electron chi connectivity index (χ1n) is 31.0. The van der Waals surface area contributed by atoms with Crippen molar-refractivity contribution in [3.8, 4) is 0 Å². The quantitative estimate of drug-likeness (QED) is 0.0830. The van der Waals surface area contributed by atoms with Crippen molar-refractivity contribution in [2.45, 2.75) is 215 Å². The molecule has 0 spiro atoms. The highest BCUT2D eigenvalue weighted by Gasteiger charge is 2.45. The minimum absolute atomic E-state index is 0.0293. The monoisotopic (exact) mass is 1250 g/mol. The van der Waals surface area contributed by atoms with Crippen LogP contribution in [0, 0.1) is 41.4 Å². The Morgan fingerprint density at radius 1 is 0.455 bits per heavy atom. The van der Waals surface area contributed by atoms with E-state index in [2.05, 4.69) is 26.6 Å². The van der Waals surface area contributed by atoms with E-state index in [0.29, 0.717) is 0 Å². The molecule has 0 saturated carbocycles. The molecule has 0 bridgehead atoms. The van der Waals surface area contributed by atoms with E-state index >= 15 is 4.79 Å². The Hall–Kier alpha value is -6.25. The van der Waals surface area contributed by atoms with E-state index in [1.807, 2.05) is 41.5 Å². The second-order valence-corrected chi connectivity index (χ2v) is 26.4. The summed E-state index contributed by atoms with van der Waals surface area (Å²) >= 11 is 0. The maximum atomic E-state index is 15.1. The predicted molar refractivity (Wildman–Crippen MR) is 333 cm³/mol. The standard InChI is InChI=1S/C62H111N11O15/c1-33(2)26-43-59(85)71(19)46(29-36(7)8)54(80)63-40(13)53(79)64-41(14)58(84)70(18)47(30-38(11)32-75)56(82)66-44(27-34(3)4)60(86)72(20)50(37(9)10)62(88)73(21)51(52(78)39(12)24-22-23-25-74)57(83)67-49(42(15)76)61(87)68(16)31-48(77)69(17)45(28-35(5)6)55(81)65-43/h22-23,33-47,49-52,74-76,78H,24-32H2,1-21H3,(H,63,80)(H,64,79)(H,65,81)(H,66,82)(H,67,83)/b23-22+/t38-,39-,40+,41-,42-,43+,44+,45+,46+,47+,49+,50+,51+,52-/m1/s1. The number of nitrogens with zero attached hydrogens (tertiary/aromatic N) is 6.